The molecule has 1 unspecified atom stereocenters. The summed E-state index contributed by atoms with van der Waals surface area (Å²) in [5.41, 5.74) is -0.398. The number of hydrogen-bond donors (Lipinski definition) is 1. The molecule has 0 heterocycles. The fourth-order valence-corrected chi connectivity index (χ4v) is 3.32. The highest BCUT2D eigenvalue weighted by Gasteiger charge is 2.27. The molecular formula is C20H39NO2. The summed E-state index contributed by atoms with van der Waals surface area (Å²) < 4.78 is 5.64. The van der Waals surface area contributed by atoms with Crippen molar-refractivity contribution in [1.82, 2.24) is 5.32 Å². The highest BCUT2D eigenvalue weighted by molar-refractivity contribution is 5.76. The largest absolute Gasteiger partial charge is 0.459 e. The van der Waals surface area contributed by atoms with Crippen LogP contribution in [-0.4, -0.2) is 23.7 Å². The molecule has 3 heteroatoms. The molecule has 0 radical (unpaired) electrons. The summed E-state index contributed by atoms with van der Waals surface area (Å²) in [4.78, 5) is 12.5. The molecule has 1 rings (SSSR count). The van der Waals surface area contributed by atoms with Crippen LogP contribution in [0.3, 0.4) is 0 Å². The number of ether oxygens (including phenoxy) is 1. The predicted octanol–water partition coefficient (Wildman–Crippen LogP) is 5.37. The summed E-state index contributed by atoms with van der Waals surface area (Å²) in [7, 11) is 0. The monoisotopic (exact) mass is 325 g/mol. The molecular weight excluding hydrogens is 286 g/mol. The maximum Gasteiger partial charge on any atom is 0.323 e. The smallest absolute Gasteiger partial charge is 0.323 e. The minimum atomic E-state index is -0.398. The second-order valence-corrected chi connectivity index (χ2v) is 8.14. The lowest BCUT2D eigenvalue weighted by Crippen LogP contribution is -2.46. The van der Waals surface area contributed by atoms with Crippen LogP contribution in [0.15, 0.2) is 0 Å². The molecule has 1 N–H and O–H groups in total. The first-order valence-electron chi connectivity index (χ1n) is 9.91. The van der Waals surface area contributed by atoms with Crippen LogP contribution >= 0.6 is 0 Å². The first-order chi connectivity index (χ1) is 10.9. The molecule has 0 aromatic carbocycles. The molecule has 0 amide bonds. The van der Waals surface area contributed by atoms with Crippen LogP contribution in [0.4, 0.5) is 0 Å². The Morgan fingerprint density at radius 3 is 2.26 bits per heavy atom. The molecule has 1 fully saturated rings. The Labute approximate surface area is 143 Å². The predicted molar refractivity (Wildman–Crippen MR) is 97.6 cm³/mol. The van der Waals surface area contributed by atoms with Crippen molar-refractivity contribution in [2.75, 3.05) is 0 Å². The Kier molecular flexibility index (Phi) is 9.85. The molecule has 1 saturated carbocycles. The van der Waals surface area contributed by atoms with E-state index < -0.39 is 5.60 Å². The number of unbranched alkanes of at least 4 members (excludes halogenated alkanes) is 5. The fourth-order valence-electron chi connectivity index (χ4n) is 3.32. The maximum atomic E-state index is 12.5. The molecule has 0 aliphatic heterocycles. The van der Waals surface area contributed by atoms with Crippen molar-refractivity contribution < 1.29 is 9.53 Å². The minimum absolute atomic E-state index is 0.0587. The van der Waals surface area contributed by atoms with E-state index in [1.807, 2.05) is 20.8 Å². The summed E-state index contributed by atoms with van der Waals surface area (Å²) in [6.07, 6.45) is 14.8. The quantitative estimate of drug-likeness (QED) is 0.433. The number of rotatable bonds is 10. The molecule has 0 saturated heterocycles. The average Bonchev–Trinajstić information content (AvgIpc) is 2.49. The second kappa shape index (κ2) is 11.1. The van der Waals surface area contributed by atoms with E-state index in [1.54, 1.807) is 0 Å². The SMILES string of the molecule is CCCCCCCCC(NC1CCCCC1)C(=O)OC(C)(C)C. The second-order valence-electron chi connectivity index (χ2n) is 8.14. The molecule has 1 atom stereocenters. The van der Waals surface area contributed by atoms with Gasteiger partial charge in [-0.25, -0.2) is 0 Å². The van der Waals surface area contributed by atoms with Crippen molar-refractivity contribution in [3.8, 4) is 0 Å². The van der Waals surface area contributed by atoms with Crippen molar-refractivity contribution in [2.24, 2.45) is 0 Å². The third-order valence-corrected chi connectivity index (χ3v) is 4.58. The number of esters is 1. The Hall–Kier alpha value is -0.570. The molecule has 1 aliphatic carbocycles. The van der Waals surface area contributed by atoms with Crippen LogP contribution in [0, 0.1) is 0 Å². The van der Waals surface area contributed by atoms with E-state index in [1.165, 1.54) is 64.2 Å². The van der Waals surface area contributed by atoms with Crippen LogP contribution in [-0.2, 0) is 9.53 Å². The third kappa shape index (κ3) is 10.0. The molecule has 0 aromatic heterocycles. The summed E-state index contributed by atoms with van der Waals surface area (Å²) in [6, 6.07) is 0.379. The highest BCUT2D eigenvalue weighted by atomic mass is 16.6. The Morgan fingerprint density at radius 2 is 1.65 bits per heavy atom. The van der Waals surface area contributed by atoms with E-state index in [-0.39, 0.29) is 12.0 Å². The van der Waals surface area contributed by atoms with Gasteiger partial charge in [0.2, 0.25) is 0 Å². The molecule has 0 aromatic rings. The van der Waals surface area contributed by atoms with Gasteiger partial charge in [0.1, 0.15) is 11.6 Å². The van der Waals surface area contributed by atoms with Gasteiger partial charge in [-0.2, -0.15) is 0 Å². The molecule has 1 aliphatic rings. The summed E-state index contributed by atoms with van der Waals surface area (Å²) >= 11 is 0. The zero-order chi connectivity index (χ0) is 17.1. The Morgan fingerprint density at radius 1 is 1.04 bits per heavy atom. The Bertz CT molecular complexity index is 316. The molecule has 136 valence electrons. The third-order valence-electron chi connectivity index (χ3n) is 4.58. The van der Waals surface area contributed by atoms with E-state index in [4.69, 9.17) is 4.74 Å². The van der Waals surface area contributed by atoms with Gasteiger partial charge in [0.05, 0.1) is 0 Å². The van der Waals surface area contributed by atoms with Gasteiger partial charge in [-0.3, -0.25) is 4.79 Å². The first kappa shape index (κ1) is 20.5. The number of carbonyl (C=O) groups is 1. The summed E-state index contributed by atoms with van der Waals surface area (Å²) in [5, 5.41) is 3.61. The lowest BCUT2D eigenvalue weighted by molar-refractivity contribution is -0.158. The van der Waals surface area contributed by atoms with E-state index in [9.17, 15) is 4.79 Å². The van der Waals surface area contributed by atoms with Gasteiger partial charge in [0, 0.05) is 6.04 Å². The first-order valence-corrected chi connectivity index (χ1v) is 9.91. The van der Waals surface area contributed by atoms with Gasteiger partial charge in [-0.05, 0) is 40.0 Å². The van der Waals surface area contributed by atoms with Crippen molar-refractivity contribution in [2.45, 2.75) is 122 Å². The molecule has 23 heavy (non-hydrogen) atoms. The maximum absolute atomic E-state index is 12.5. The van der Waals surface area contributed by atoms with Crippen LogP contribution < -0.4 is 5.32 Å². The van der Waals surface area contributed by atoms with E-state index in [0.717, 1.165) is 12.8 Å². The lowest BCUT2D eigenvalue weighted by Gasteiger charge is -2.30. The fraction of sp³-hybridized carbons (Fsp3) is 0.950. The van der Waals surface area contributed by atoms with E-state index in [2.05, 4.69) is 12.2 Å². The lowest BCUT2D eigenvalue weighted by atomic mass is 9.94. The Balaban J connectivity index is 2.41. The number of carbonyl (C=O) groups excluding carboxylic acids is 1. The van der Waals surface area contributed by atoms with Crippen molar-refractivity contribution in [3.63, 3.8) is 0 Å². The molecule has 0 spiro atoms. The van der Waals surface area contributed by atoms with Crippen LogP contribution in [0.1, 0.15) is 105 Å². The van der Waals surface area contributed by atoms with Crippen LogP contribution in [0.25, 0.3) is 0 Å². The van der Waals surface area contributed by atoms with Gasteiger partial charge in [-0.1, -0.05) is 64.7 Å². The minimum Gasteiger partial charge on any atom is -0.459 e. The van der Waals surface area contributed by atoms with Gasteiger partial charge < -0.3 is 10.1 Å². The molecule has 0 bridgehead atoms. The number of hydrogen-bond acceptors (Lipinski definition) is 3. The topological polar surface area (TPSA) is 38.3 Å². The zero-order valence-corrected chi connectivity index (χ0v) is 16.0. The standard InChI is InChI=1S/C20H39NO2/c1-5-6-7-8-9-13-16-18(19(22)23-20(2,3)4)21-17-14-11-10-12-15-17/h17-18,21H,5-16H2,1-4H3. The van der Waals surface area contributed by atoms with Crippen molar-refractivity contribution >= 4 is 5.97 Å². The summed E-state index contributed by atoms with van der Waals surface area (Å²) in [6.45, 7) is 8.10. The zero-order valence-electron chi connectivity index (χ0n) is 16.0. The van der Waals surface area contributed by atoms with E-state index in [0.29, 0.717) is 6.04 Å². The van der Waals surface area contributed by atoms with Crippen molar-refractivity contribution in [3.05, 3.63) is 0 Å². The van der Waals surface area contributed by atoms with Crippen LogP contribution in [0.5, 0.6) is 0 Å². The molecule has 3 nitrogen and oxygen atoms in total. The highest BCUT2D eigenvalue weighted by Crippen LogP contribution is 2.20. The average molecular weight is 326 g/mol. The van der Waals surface area contributed by atoms with Gasteiger partial charge in [-0.15, -0.1) is 0 Å². The number of nitrogens with one attached hydrogen (secondary N) is 1. The van der Waals surface area contributed by atoms with E-state index >= 15 is 0 Å². The van der Waals surface area contributed by atoms with Gasteiger partial charge >= 0.3 is 5.97 Å². The normalized spacial score (nSPS) is 17.9. The van der Waals surface area contributed by atoms with Crippen molar-refractivity contribution in [1.29, 1.82) is 0 Å². The summed E-state index contributed by atoms with van der Waals surface area (Å²) in [5.74, 6) is -0.0587. The van der Waals surface area contributed by atoms with Gasteiger partial charge in [0.25, 0.3) is 0 Å². The van der Waals surface area contributed by atoms with Gasteiger partial charge in [0.15, 0.2) is 0 Å². The van der Waals surface area contributed by atoms with Crippen LogP contribution in [0.2, 0.25) is 0 Å².